The van der Waals surface area contributed by atoms with E-state index in [1.807, 2.05) is 37.0 Å². The second-order valence-electron chi connectivity index (χ2n) is 4.32. The maximum atomic E-state index is 10.0. The Bertz CT molecular complexity index is 504. The molecule has 2 rings (SSSR count). The van der Waals surface area contributed by atoms with Crippen LogP contribution >= 0.6 is 11.3 Å². The monoisotopic (exact) mass is 251 g/mol. The summed E-state index contributed by atoms with van der Waals surface area (Å²) in [5, 5.41) is 17.3. The topological polar surface area (TPSA) is 50.9 Å². The molecule has 0 aromatic carbocycles. The Morgan fingerprint density at radius 3 is 2.71 bits per heavy atom. The van der Waals surface area contributed by atoms with Crippen molar-refractivity contribution in [2.24, 2.45) is 7.05 Å². The Balaban J connectivity index is 1.97. The number of rotatable bonds is 4. The molecule has 5 heteroatoms. The Morgan fingerprint density at radius 1 is 1.41 bits per heavy atom. The van der Waals surface area contributed by atoms with Gasteiger partial charge in [0.15, 0.2) is 0 Å². The standard InChI is InChI=1S/C12H17N3OS/c1-8-4-11(15(3)14-8)6-12(16)5-10-7-17-9(2)13-10/h4,7,12,16H,5-6H2,1-3H3. The molecule has 0 spiro atoms. The van der Waals surface area contributed by atoms with E-state index in [9.17, 15) is 5.11 Å². The maximum absolute atomic E-state index is 10.0. The molecule has 0 amide bonds. The lowest BCUT2D eigenvalue weighted by Gasteiger charge is -2.08. The van der Waals surface area contributed by atoms with Gasteiger partial charge in [0.05, 0.1) is 22.5 Å². The Labute approximate surface area is 105 Å². The lowest BCUT2D eigenvalue weighted by atomic mass is 10.1. The number of aromatic nitrogens is 3. The molecule has 0 aliphatic heterocycles. The van der Waals surface area contributed by atoms with Crippen LogP contribution in [0.25, 0.3) is 0 Å². The Morgan fingerprint density at radius 2 is 2.18 bits per heavy atom. The lowest BCUT2D eigenvalue weighted by molar-refractivity contribution is 0.172. The van der Waals surface area contributed by atoms with Crippen LogP contribution in [0.2, 0.25) is 0 Å². The fourth-order valence-electron chi connectivity index (χ4n) is 1.91. The average molecular weight is 251 g/mol. The number of hydrogen-bond acceptors (Lipinski definition) is 4. The van der Waals surface area contributed by atoms with Gasteiger partial charge in [-0.05, 0) is 19.9 Å². The zero-order chi connectivity index (χ0) is 12.4. The molecule has 0 radical (unpaired) electrons. The largest absolute Gasteiger partial charge is 0.392 e. The van der Waals surface area contributed by atoms with Crippen LogP contribution in [0.5, 0.6) is 0 Å². The van der Waals surface area contributed by atoms with Gasteiger partial charge in [-0.15, -0.1) is 11.3 Å². The third-order valence-corrected chi connectivity index (χ3v) is 3.48. The van der Waals surface area contributed by atoms with Gasteiger partial charge in [-0.3, -0.25) is 4.68 Å². The van der Waals surface area contributed by atoms with Crippen molar-refractivity contribution in [2.45, 2.75) is 32.8 Å². The van der Waals surface area contributed by atoms with Crippen LogP contribution in [0.4, 0.5) is 0 Å². The van der Waals surface area contributed by atoms with Crippen LogP contribution in [0.15, 0.2) is 11.4 Å². The zero-order valence-electron chi connectivity index (χ0n) is 10.3. The molecule has 0 bridgehead atoms. The molecular weight excluding hydrogens is 234 g/mol. The zero-order valence-corrected chi connectivity index (χ0v) is 11.2. The van der Waals surface area contributed by atoms with Crippen molar-refractivity contribution < 1.29 is 5.11 Å². The third-order valence-electron chi connectivity index (χ3n) is 2.65. The molecule has 92 valence electrons. The molecule has 0 fully saturated rings. The minimum Gasteiger partial charge on any atom is -0.392 e. The van der Waals surface area contributed by atoms with Crippen LogP contribution in [-0.4, -0.2) is 26.0 Å². The van der Waals surface area contributed by atoms with Crippen LogP contribution in [0.1, 0.15) is 22.1 Å². The Kier molecular flexibility index (Phi) is 3.59. The van der Waals surface area contributed by atoms with Crippen molar-refractivity contribution in [1.29, 1.82) is 0 Å². The van der Waals surface area contributed by atoms with Gasteiger partial charge in [-0.25, -0.2) is 4.98 Å². The molecule has 0 saturated heterocycles. The summed E-state index contributed by atoms with van der Waals surface area (Å²) in [5.74, 6) is 0. The summed E-state index contributed by atoms with van der Waals surface area (Å²) in [5.41, 5.74) is 3.01. The highest BCUT2D eigenvalue weighted by atomic mass is 32.1. The first-order valence-corrected chi connectivity index (χ1v) is 6.51. The van der Waals surface area contributed by atoms with Crippen molar-refractivity contribution in [3.05, 3.63) is 33.5 Å². The van der Waals surface area contributed by atoms with Crippen molar-refractivity contribution in [3.63, 3.8) is 0 Å². The number of aryl methyl sites for hydroxylation is 3. The van der Waals surface area contributed by atoms with Crippen LogP contribution in [0, 0.1) is 13.8 Å². The number of thiazole rings is 1. The first-order valence-electron chi connectivity index (χ1n) is 5.63. The van der Waals surface area contributed by atoms with E-state index in [-0.39, 0.29) is 0 Å². The molecular formula is C12H17N3OS. The smallest absolute Gasteiger partial charge is 0.0897 e. The van der Waals surface area contributed by atoms with Crippen LogP contribution in [0.3, 0.4) is 0 Å². The average Bonchev–Trinajstić information content (AvgIpc) is 2.74. The third kappa shape index (κ3) is 3.14. The number of nitrogens with zero attached hydrogens (tertiary/aromatic N) is 3. The van der Waals surface area contributed by atoms with E-state index in [0.29, 0.717) is 12.8 Å². The summed E-state index contributed by atoms with van der Waals surface area (Å²) in [7, 11) is 1.90. The molecule has 0 saturated carbocycles. The molecule has 1 N–H and O–H groups in total. The molecule has 0 aliphatic rings. The molecule has 0 aliphatic carbocycles. The fraction of sp³-hybridized carbons (Fsp3) is 0.500. The Hall–Kier alpha value is -1.20. The minimum absolute atomic E-state index is 0.397. The van der Waals surface area contributed by atoms with Gasteiger partial charge in [0.2, 0.25) is 0 Å². The predicted octanol–water partition coefficient (Wildman–Crippen LogP) is 1.64. The first-order chi connectivity index (χ1) is 8.04. The maximum Gasteiger partial charge on any atom is 0.0897 e. The van der Waals surface area contributed by atoms with Gasteiger partial charge in [-0.2, -0.15) is 5.10 Å². The van der Waals surface area contributed by atoms with E-state index in [0.717, 1.165) is 22.1 Å². The van der Waals surface area contributed by atoms with E-state index < -0.39 is 6.10 Å². The van der Waals surface area contributed by atoms with Crippen molar-refractivity contribution >= 4 is 11.3 Å². The van der Waals surface area contributed by atoms with Gasteiger partial charge in [-0.1, -0.05) is 0 Å². The van der Waals surface area contributed by atoms with E-state index in [1.165, 1.54) is 0 Å². The minimum atomic E-state index is -0.397. The number of aliphatic hydroxyl groups is 1. The fourth-order valence-corrected chi connectivity index (χ4v) is 2.54. The van der Waals surface area contributed by atoms with Crippen molar-refractivity contribution in [3.8, 4) is 0 Å². The second-order valence-corrected chi connectivity index (χ2v) is 5.38. The van der Waals surface area contributed by atoms with Gasteiger partial charge >= 0.3 is 0 Å². The van der Waals surface area contributed by atoms with Gasteiger partial charge in [0.25, 0.3) is 0 Å². The molecule has 1 unspecified atom stereocenters. The quantitative estimate of drug-likeness (QED) is 0.898. The van der Waals surface area contributed by atoms with Crippen molar-refractivity contribution in [2.75, 3.05) is 0 Å². The number of hydrogen-bond donors (Lipinski definition) is 1. The van der Waals surface area contributed by atoms with Gasteiger partial charge in [0.1, 0.15) is 0 Å². The summed E-state index contributed by atoms with van der Waals surface area (Å²) in [6.07, 6.45) is 0.828. The molecule has 2 heterocycles. The van der Waals surface area contributed by atoms with Gasteiger partial charge < -0.3 is 5.11 Å². The lowest BCUT2D eigenvalue weighted by Crippen LogP contribution is -2.16. The molecule has 1 atom stereocenters. The highest BCUT2D eigenvalue weighted by Crippen LogP contribution is 2.12. The highest BCUT2D eigenvalue weighted by molar-refractivity contribution is 7.09. The predicted molar refractivity (Wildman–Crippen MR) is 68.2 cm³/mol. The van der Waals surface area contributed by atoms with E-state index in [2.05, 4.69) is 10.1 Å². The van der Waals surface area contributed by atoms with Crippen molar-refractivity contribution in [1.82, 2.24) is 14.8 Å². The summed E-state index contributed by atoms with van der Waals surface area (Å²) < 4.78 is 1.82. The van der Waals surface area contributed by atoms with Gasteiger partial charge in [0, 0.05) is 31.0 Å². The molecule has 2 aromatic rings. The van der Waals surface area contributed by atoms with Crippen LogP contribution < -0.4 is 0 Å². The highest BCUT2D eigenvalue weighted by Gasteiger charge is 2.12. The molecule has 4 nitrogen and oxygen atoms in total. The summed E-state index contributed by atoms with van der Waals surface area (Å²) >= 11 is 1.62. The molecule has 17 heavy (non-hydrogen) atoms. The normalized spacial score (nSPS) is 12.9. The summed E-state index contributed by atoms with van der Waals surface area (Å²) in [6.45, 7) is 3.94. The second kappa shape index (κ2) is 4.98. The summed E-state index contributed by atoms with van der Waals surface area (Å²) in [6, 6.07) is 2.01. The number of aliphatic hydroxyl groups excluding tert-OH is 1. The van der Waals surface area contributed by atoms with E-state index in [4.69, 9.17) is 0 Å². The summed E-state index contributed by atoms with van der Waals surface area (Å²) in [4.78, 5) is 4.36. The van der Waals surface area contributed by atoms with E-state index in [1.54, 1.807) is 11.3 Å². The van der Waals surface area contributed by atoms with E-state index >= 15 is 0 Å². The first kappa shape index (κ1) is 12.3. The van der Waals surface area contributed by atoms with Crippen LogP contribution in [-0.2, 0) is 19.9 Å². The molecule has 2 aromatic heterocycles. The SMILES string of the molecule is Cc1cc(CC(O)Cc2csc(C)n2)n(C)n1.